The first-order valence-electron chi connectivity index (χ1n) is 9.07. The van der Waals surface area contributed by atoms with E-state index in [2.05, 4.69) is 10.0 Å². The summed E-state index contributed by atoms with van der Waals surface area (Å²) < 4.78 is 25.4. The quantitative estimate of drug-likeness (QED) is 0.538. The SMILES string of the molecule is CCN(CC(=O)O)C1CC(NC(=O)c2ccc(CNS(=O)(=O)CC)cc2)C1. The van der Waals surface area contributed by atoms with Crippen molar-refractivity contribution in [2.24, 2.45) is 0 Å². The van der Waals surface area contributed by atoms with Crippen LogP contribution in [0.5, 0.6) is 0 Å². The molecule has 0 atom stereocenters. The Morgan fingerprint density at radius 1 is 1.19 bits per heavy atom. The predicted molar refractivity (Wildman–Crippen MR) is 102 cm³/mol. The van der Waals surface area contributed by atoms with E-state index in [-0.39, 0.29) is 36.8 Å². The number of nitrogens with one attached hydrogen (secondary N) is 2. The summed E-state index contributed by atoms with van der Waals surface area (Å²) in [5.74, 6) is -0.997. The Bertz CT molecular complexity index is 758. The maximum Gasteiger partial charge on any atom is 0.317 e. The molecule has 150 valence electrons. The summed E-state index contributed by atoms with van der Waals surface area (Å²) in [6.45, 7) is 4.38. The number of aliphatic carboxylic acids is 1. The summed E-state index contributed by atoms with van der Waals surface area (Å²) in [5, 5.41) is 11.9. The molecule has 1 saturated carbocycles. The van der Waals surface area contributed by atoms with Crippen molar-refractivity contribution in [2.75, 3.05) is 18.8 Å². The molecule has 1 aromatic carbocycles. The van der Waals surface area contributed by atoms with Crippen LogP contribution in [0.15, 0.2) is 24.3 Å². The summed E-state index contributed by atoms with van der Waals surface area (Å²) in [5.41, 5.74) is 1.29. The van der Waals surface area contributed by atoms with Crippen LogP contribution in [0.2, 0.25) is 0 Å². The van der Waals surface area contributed by atoms with Gasteiger partial charge in [-0.3, -0.25) is 14.5 Å². The smallest absolute Gasteiger partial charge is 0.317 e. The summed E-state index contributed by atoms with van der Waals surface area (Å²) in [7, 11) is -3.25. The van der Waals surface area contributed by atoms with Crippen LogP contribution in [0.3, 0.4) is 0 Å². The van der Waals surface area contributed by atoms with E-state index in [0.29, 0.717) is 12.1 Å². The minimum atomic E-state index is -3.25. The number of benzene rings is 1. The van der Waals surface area contributed by atoms with Crippen LogP contribution in [0.25, 0.3) is 0 Å². The third-order valence-corrected chi connectivity index (χ3v) is 6.15. The summed E-state index contributed by atoms with van der Waals surface area (Å²) in [6.07, 6.45) is 1.48. The fraction of sp³-hybridized carbons (Fsp3) is 0.556. The average Bonchev–Trinajstić information content (AvgIpc) is 2.61. The molecule has 3 N–H and O–H groups in total. The number of carboxylic acid groups (broad SMARTS) is 1. The number of sulfonamides is 1. The number of hydrogen-bond donors (Lipinski definition) is 3. The molecule has 0 aromatic heterocycles. The number of carbonyl (C=O) groups excluding carboxylic acids is 1. The molecule has 0 aliphatic heterocycles. The highest BCUT2D eigenvalue weighted by Gasteiger charge is 2.34. The van der Waals surface area contributed by atoms with Gasteiger partial charge in [0.05, 0.1) is 12.3 Å². The number of nitrogens with zero attached hydrogens (tertiary/aromatic N) is 1. The number of carbonyl (C=O) groups is 2. The number of carboxylic acids is 1. The monoisotopic (exact) mass is 397 g/mol. The zero-order chi connectivity index (χ0) is 20.0. The van der Waals surface area contributed by atoms with Gasteiger partial charge in [0.15, 0.2) is 0 Å². The van der Waals surface area contributed by atoms with E-state index < -0.39 is 16.0 Å². The molecule has 1 aliphatic carbocycles. The highest BCUT2D eigenvalue weighted by molar-refractivity contribution is 7.89. The molecule has 0 bridgehead atoms. The molecular formula is C18H27N3O5S. The molecule has 1 fully saturated rings. The van der Waals surface area contributed by atoms with E-state index in [4.69, 9.17) is 5.11 Å². The van der Waals surface area contributed by atoms with Gasteiger partial charge in [-0.25, -0.2) is 13.1 Å². The molecular weight excluding hydrogens is 370 g/mol. The van der Waals surface area contributed by atoms with Gasteiger partial charge in [0, 0.05) is 24.2 Å². The van der Waals surface area contributed by atoms with Crippen LogP contribution in [-0.2, 0) is 21.4 Å². The minimum Gasteiger partial charge on any atom is -0.480 e. The van der Waals surface area contributed by atoms with Crippen LogP contribution < -0.4 is 10.0 Å². The lowest BCUT2D eigenvalue weighted by molar-refractivity contribution is -0.139. The highest BCUT2D eigenvalue weighted by Crippen LogP contribution is 2.25. The summed E-state index contributed by atoms with van der Waals surface area (Å²) in [6, 6.07) is 7.02. The molecule has 0 saturated heterocycles. The maximum absolute atomic E-state index is 12.3. The molecule has 0 spiro atoms. The van der Waals surface area contributed by atoms with Gasteiger partial charge in [-0.05, 0) is 44.0 Å². The van der Waals surface area contributed by atoms with Crippen molar-refractivity contribution < 1.29 is 23.1 Å². The van der Waals surface area contributed by atoms with Crippen molar-refractivity contribution in [3.8, 4) is 0 Å². The Morgan fingerprint density at radius 2 is 1.81 bits per heavy atom. The van der Waals surface area contributed by atoms with Gasteiger partial charge in [0.2, 0.25) is 10.0 Å². The van der Waals surface area contributed by atoms with Gasteiger partial charge in [-0.1, -0.05) is 19.1 Å². The van der Waals surface area contributed by atoms with E-state index in [1.807, 2.05) is 11.8 Å². The van der Waals surface area contributed by atoms with E-state index in [1.165, 1.54) is 0 Å². The van der Waals surface area contributed by atoms with E-state index in [0.717, 1.165) is 18.4 Å². The number of likely N-dealkylation sites (N-methyl/N-ethyl adjacent to an activating group) is 1. The molecule has 27 heavy (non-hydrogen) atoms. The number of hydrogen-bond acceptors (Lipinski definition) is 5. The predicted octanol–water partition coefficient (Wildman–Crippen LogP) is 0.793. The Balaban J connectivity index is 1.81. The Kier molecular flexibility index (Phi) is 7.34. The van der Waals surface area contributed by atoms with E-state index in [9.17, 15) is 18.0 Å². The van der Waals surface area contributed by atoms with Crippen molar-refractivity contribution in [1.82, 2.24) is 14.9 Å². The molecule has 0 unspecified atom stereocenters. The second-order valence-corrected chi connectivity index (χ2v) is 8.77. The maximum atomic E-state index is 12.3. The summed E-state index contributed by atoms with van der Waals surface area (Å²) in [4.78, 5) is 25.1. The molecule has 0 radical (unpaired) electrons. The first kappa shape index (κ1) is 21.3. The largest absolute Gasteiger partial charge is 0.480 e. The molecule has 1 aromatic rings. The average molecular weight is 397 g/mol. The molecule has 8 nitrogen and oxygen atoms in total. The number of rotatable bonds is 10. The van der Waals surface area contributed by atoms with Gasteiger partial charge >= 0.3 is 5.97 Å². The highest BCUT2D eigenvalue weighted by atomic mass is 32.2. The topological polar surface area (TPSA) is 116 Å². The van der Waals surface area contributed by atoms with Gasteiger partial charge in [0.25, 0.3) is 5.91 Å². The van der Waals surface area contributed by atoms with Crippen LogP contribution in [0.1, 0.15) is 42.6 Å². The third-order valence-electron chi connectivity index (χ3n) is 4.80. The van der Waals surface area contributed by atoms with Crippen molar-refractivity contribution in [1.29, 1.82) is 0 Å². The molecule has 0 heterocycles. The molecule has 1 amide bonds. The fourth-order valence-corrected chi connectivity index (χ4v) is 3.61. The summed E-state index contributed by atoms with van der Waals surface area (Å²) >= 11 is 0. The van der Waals surface area contributed by atoms with Gasteiger partial charge in [0.1, 0.15) is 0 Å². The van der Waals surface area contributed by atoms with Crippen LogP contribution >= 0.6 is 0 Å². The Morgan fingerprint density at radius 3 is 2.33 bits per heavy atom. The van der Waals surface area contributed by atoms with Crippen molar-refractivity contribution in [3.63, 3.8) is 0 Å². The van der Waals surface area contributed by atoms with Gasteiger partial charge < -0.3 is 10.4 Å². The van der Waals surface area contributed by atoms with Crippen LogP contribution in [0, 0.1) is 0 Å². The van der Waals surface area contributed by atoms with Crippen LogP contribution in [0.4, 0.5) is 0 Å². The Labute approximate surface area is 160 Å². The normalized spacial score (nSPS) is 19.5. The first-order chi connectivity index (χ1) is 12.7. The lowest BCUT2D eigenvalue weighted by Gasteiger charge is -2.42. The van der Waals surface area contributed by atoms with Gasteiger partial charge in [-0.15, -0.1) is 0 Å². The lowest BCUT2D eigenvalue weighted by Crippen LogP contribution is -2.54. The first-order valence-corrected chi connectivity index (χ1v) is 10.7. The second kappa shape index (κ2) is 9.29. The molecule has 9 heteroatoms. The Hall–Kier alpha value is -1.97. The van der Waals surface area contributed by atoms with Crippen molar-refractivity contribution in [2.45, 2.75) is 45.3 Å². The minimum absolute atomic E-state index is 0.0189. The van der Waals surface area contributed by atoms with E-state index >= 15 is 0 Å². The zero-order valence-electron chi connectivity index (χ0n) is 15.6. The fourth-order valence-electron chi connectivity index (χ4n) is 3.01. The molecule has 2 rings (SSSR count). The zero-order valence-corrected chi connectivity index (χ0v) is 16.5. The van der Waals surface area contributed by atoms with Gasteiger partial charge in [-0.2, -0.15) is 0 Å². The lowest BCUT2D eigenvalue weighted by atomic mass is 9.85. The van der Waals surface area contributed by atoms with E-state index in [1.54, 1.807) is 31.2 Å². The van der Waals surface area contributed by atoms with Crippen molar-refractivity contribution in [3.05, 3.63) is 35.4 Å². The standard InChI is InChI=1S/C18H27N3O5S/c1-3-21(12-17(22)23)16-9-15(10-16)20-18(24)14-7-5-13(6-8-14)11-19-27(25,26)4-2/h5-8,15-16,19H,3-4,9-12H2,1-2H3,(H,20,24)(H,22,23). The van der Waals surface area contributed by atoms with Crippen LogP contribution in [-0.4, -0.2) is 61.2 Å². The third kappa shape index (κ3) is 6.30. The number of amides is 1. The second-order valence-electron chi connectivity index (χ2n) is 6.67. The van der Waals surface area contributed by atoms with Crippen molar-refractivity contribution >= 4 is 21.9 Å². The molecule has 1 aliphatic rings.